The van der Waals surface area contributed by atoms with Crippen LogP contribution in [0.2, 0.25) is 0 Å². The van der Waals surface area contributed by atoms with E-state index in [1.807, 2.05) is 31.3 Å². The van der Waals surface area contributed by atoms with E-state index in [4.69, 9.17) is 9.15 Å². The molecule has 6 heteroatoms. The summed E-state index contributed by atoms with van der Waals surface area (Å²) in [6, 6.07) is 13.5. The van der Waals surface area contributed by atoms with Crippen LogP contribution in [0.25, 0.3) is 22.0 Å². The van der Waals surface area contributed by atoms with Crippen molar-refractivity contribution in [3.8, 4) is 5.75 Å². The second kappa shape index (κ2) is 9.38. The molecule has 0 bridgehead atoms. The van der Waals surface area contributed by atoms with Crippen LogP contribution < -0.4 is 10.1 Å². The van der Waals surface area contributed by atoms with Gasteiger partial charge in [0.2, 0.25) is 0 Å². The molecule has 5 nitrogen and oxygen atoms in total. The number of anilines is 1. The molecule has 2 heterocycles. The number of hydrogen-bond donors (Lipinski definition) is 1. The molecular formula is C27H30FN3O2. The first kappa shape index (κ1) is 21.7. The number of nitrogens with one attached hydrogen (secondary N) is 1. The summed E-state index contributed by atoms with van der Waals surface area (Å²) in [5.41, 5.74) is 3.68. The van der Waals surface area contributed by atoms with Crippen molar-refractivity contribution in [2.24, 2.45) is 5.92 Å². The Bertz CT molecular complexity index is 1250. The first-order chi connectivity index (χ1) is 16.1. The summed E-state index contributed by atoms with van der Waals surface area (Å²) in [5.74, 6) is 1.72. The van der Waals surface area contributed by atoms with E-state index in [9.17, 15) is 4.39 Å². The Kier molecular flexibility index (Phi) is 6.16. The van der Waals surface area contributed by atoms with Crippen LogP contribution in [0.15, 0.2) is 53.1 Å². The van der Waals surface area contributed by atoms with Gasteiger partial charge in [0, 0.05) is 23.7 Å². The van der Waals surface area contributed by atoms with Crippen molar-refractivity contribution in [1.29, 1.82) is 0 Å². The van der Waals surface area contributed by atoms with E-state index in [1.54, 1.807) is 12.1 Å². The fourth-order valence-corrected chi connectivity index (χ4v) is 5.20. The number of ether oxygens (including phenoxy) is 1. The van der Waals surface area contributed by atoms with Gasteiger partial charge in [0.05, 0.1) is 12.1 Å². The van der Waals surface area contributed by atoms with Gasteiger partial charge in [-0.2, -0.15) is 4.98 Å². The lowest BCUT2D eigenvalue weighted by molar-refractivity contribution is 0.301. The smallest absolute Gasteiger partial charge is 0.295 e. The first-order valence-corrected chi connectivity index (χ1v) is 11.9. The van der Waals surface area contributed by atoms with Crippen LogP contribution in [-0.2, 0) is 0 Å². The maximum atomic E-state index is 13.8. The average Bonchev–Trinajstić information content (AvgIpc) is 3.21. The standard InChI is InChI=1S/C27H30FN3O2/c1-3-32-21-9-11-25-26(16-21)33-27(31-25)30-17(2)14-18-4-6-19(7-5-18)22-12-13-29-24-10-8-20(28)15-23(22)24/h8-13,15-19H,3-7,14H2,1-2H3,(H,30,31)/t17?,18-,19+. The second-order valence-electron chi connectivity index (χ2n) is 9.14. The van der Waals surface area contributed by atoms with Gasteiger partial charge in [-0.15, -0.1) is 0 Å². The highest BCUT2D eigenvalue weighted by Gasteiger charge is 2.25. The van der Waals surface area contributed by atoms with E-state index in [1.165, 1.54) is 24.5 Å². The molecule has 1 aliphatic rings. The molecule has 4 aromatic rings. The molecule has 0 radical (unpaired) electrons. The van der Waals surface area contributed by atoms with Crippen molar-refractivity contribution in [1.82, 2.24) is 9.97 Å². The van der Waals surface area contributed by atoms with Gasteiger partial charge in [-0.05, 0) is 99.7 Å². The molecule has 172 valence electrons. The third-order valence-corrected chi connectivity index (χ3v) is 6.75. The van der Waals surface area contributed by atoms with E-state index in [0.29, 0.717) is 24.5 Å². The third kappa shape index (κ3) is 4.80. The van der Waals surface area contributed by atoms with Gasteiger partial charge in [-0.1, -0.05) is 0 Å². The Hall–Kier alpha value is -3.15. The highest BCUT2D eigenvalue weighted by atomic mass is 19.1. The lowest BCUT2D eigenvalue weighted by Gasteiger charge is -2.31. The number of rotatable bonds is 7. The zero-order valence-corrected chi connectivity index (χ0v) is 19.2. The Morgan fingerprint density at radius 2 is 1.91 bits per heavy atom. The molecule has 1 fully saturated rings. The zero-order valence-electron chi connectivity index (χ0n) is 19.2. The zero-order chi connectivity index (χ0) is 22.8. The van der Waals surface area contributed by atoms with Crippen molar-refractivity contribution < 1.29 is 13.5 Å². The molecule has 1 saturated carbocycles. The van der Waals surface area contributed by atoms with Gasteiger partial charge in [0.1, 0.15) is 17.1 Å². The van der Waals surface area contributed by atoms with Crippen LogP contribution in [0.4, 0.5) is 10.4 Å². The van der Waals surface area contributed by atoms with Gasteiger partial charge < -0.3 is 14.5 Å². The number of hydrogen-bond acceptors (Lipinski definition) is 5. The molecule has 1 atom stereocenters. The van der Waals surface area contributed by atoms with Crippen molar-refractivity contribution in [2.75, 3.05) is 11.9 Å². The number of fused-ring (bicyclic) bond motifs is 2. The predicted octanol–water partition coefficient (Wildman–Crippen LogP) is 7.08. The second-order valence-corrected chi connectivity index (χ2v) is 9.14. The first-order valence-electron chi connectivity index (χ1n) is 11.9. The van der Waals surface area contributed by atoms with Gasteiger partial charge in [0.15, 0.2) is 5.58 Å². The van der Waals surface area contributed by atoms with Crippen molar-refractivity contribution in [2.45, 2.75) is 57.9 Å². The van der Waals surface area contributed by atoms with Crippen LogP contribution in [0, 0.1) is 11.7 Å². The molecule has 0 aliphatic heterocycles. The third-order valence-electron chi connectivity index (χ3n) is 6.75. The Morgan fingerprint density at radius 1 is 1.09 bits per heavy atom. The van der Waals surface area contributed by atoms with Crippen LogP contribution in [0.5, 0.6) is 5.75 Å². The maximum absolute atomic E-state index is 13.8. The largest absolute Gasteiger partial charge is 0.494 e. The molecule has 0 spiro atoms. The number of nitrogens with zero attached hydrogens (tertiary/aromatic N) is 2. The maximum Gasteiger partial charge on any atom is 0.295 e. The number of oxazole rings is 1. The fraction of sp³-hybridized carbons (Fsp3) is 0.407. The molecule has 1 aliphatic carbocycles. The molecule has 1 N–H and O–H groups in total. The highest BCUT2D eigenvalue weighted by molar-refractivity contribution is 5.82. The fourth-order valence-electron chi connectivity index (χ4n) is 5.20. The summed E-state index contributed by atoms with van der Waals surface area (Å²) >= 11 is 0. The number of benzene rings is 2. The van der Waals surface area contributed by atoms with Gasteiger partial charge in [-0.25, -0.2) is 4.39 Å². The van der Waals surface area contributed by atoms with E-state index in [-0.39, 0.29) is 11.9 Å². The van der Waals surface area contributed by atoms with Crippen LogP contribution in [-0.4, -0.2) is 22.6 Å². The summed E-state index contributed by atoms with van der Waals surface area (Å²) < 4.78 is 25.3. The normalized spacial score (nSPS) is 19.6. The minimum absolute atomic E-state index is 0.196. The lowest BCUT2D eigenvalue weighted by atomic mass is 9.76. The Morgan fingerprint density at radius 3 is 2.73 bits per heavy atom. The number of aromatic nitrogens is 2. The van der Waals surface area contributed by atoms with Crippen molar-refractivity contribution >= 4 is 28.0 Å². The monoisotopic (exact) mass is 447 g/mol. The van der Waals surface area contributed by atoms with Gasteiger partial charge >= 0.3 is 0 Å². The molecule has 0 saturated heterocycles. The SMILES string of the molecule is CCOc1ccc2nc(NC(C)C[C@H]3CC[C@@H](c4ccnc5ccc(F)cc54)CC3)oc2c1. The molecule has 5 rings (SSSR count). The molecule has 2 aromatic carbocycles. The van der Waals surface area contributed by atoms with Gasteiger partial charge in [0.25, 0.3) is 6.01 Å². The lowest BCUT2D eigenvalue weighted by Crippen LogP contribution is -2.23. The average molecular weight is 448 g/mol. The van der Waals surface area contributed by atoms with Crippen molar-refractivity contribution in [3.63, 3.8) is 0 Å². The van der Waals surface area contributed by atoms with E-state index >= 15 is 0 Å². The summed E-state index contributed by atoms with van der Waals surface area (Å²) in [7, 11) is 0. The Labute approximate surface area is 193 Å². The minimum Gasteiger partial charge on any atom is -0.494 e. The number of halogens is 1. The highest BCUT2D eigenvalue weighted by Crippen LogP contribution is 2.40. The quantitative estimate of drug-likeness (QED) is 0.328. The van der Waals surface area contributed by atoms with Crippen LogP contribution in [0.3, 0.4) is 0 Å². The number of pyridine rings is 1. The summed E-state index contributed by atoms with van der Waals surface area (Å²) in [6.07, 6.45) is 7.50. The molecular weight excluding hydrogens is 417 g/mol. The topological polar surface area (TPSA) is 60.2 Å². The molecule has 33 heavy (non-hydrogen) atoms. The summed E-state index contributed by atoms with van der Waals surface area (Å²) in [6.45, 7) is 4.77. The molecule has 1 unspecified atom stereocenters. The van der Waals surface area contributed by atoms with Gasteiger partial charge in [-0.3, -0.25) is 4.98 Å². The van der Waals surface area contributed by atoms with E-state index in [0.717, 1.165) is 47.0 Å². The minimum atomic E-state index is -0.196. The van der Waals surface area contributed by atoms with Crippen LogP contribution in [0.1, 0.15) is 57.4 Å². The van der Waals surface area contributed by atoms with Crippen LogP contribution >= 0.6 is 0 Å². The molecule has 2 aromatic heterocycles. The summed E-state index contributed by atoms with van der Waals surface area (Å²) in [4.78, 5) is 8.97. The van der Waals surface area contributed by atoms with E-state index < -0.39 is 0 Å². The Balaban J connectivity index is 1.18. The van der Waals surface area contributed by atoms with E-state index in [2.05, 4.69) is 28.3 Å². The predicted molar refractivity (Wildman–Crippen MR) is 129 cm³/mol. The summed E-state index contributed by atoms with van der Waals surface area (Å²) in [5, 5.41) is 4.39. The van der Waals surface area contributed by atoms with Crippen molar-refractivity contribution in [3.05, 3.63) is 60.0 Å². The molecule has 0 amide bonds.